The molecule has 4 aromatic rings. The van der Waals surface area contributed by atoms with Crippen LogP contribution in [0.2, 0.25) is 0 Å². The fourth-order valence-electron chi connectivity index (χ4n) is 3.21. The highest BCUT2D eigenvalue weighted by Crippen LogP contribution is 2.40. The number of anilines is 1. The molecule has 10 heteroatoms. The second kappa shape index (κ2) is 7.48. The minimum absolute atomic E-state index is 0.309. The maximum Gasteiger partial charge on any atom is 0.269 e. The number of amides is 1. The lowest BCUT2D eigenvalue weighted by atomic mass is 10.2. The van der Waals surface area contributed by atoms with Crippen molar-refractivity contribution >= 4 is 11.7 Å². The van der Waals surface area contributed by atoms with E-state index in [1.807, 2.05) is 6.07 Å². The summed E-state index contributed by atoms with van der Waals surface area (Å²) < 4.78 is 2.60. The van der Waals surface area contributed by atoms with Crippen LogP contribution in [0.3, 0.4) is 0 Å². The molecule has 1 aliphatic carbocycles. The number of benzene rings is 1. The van der Waals surface area contributed by atoms with Crippen molar-refractivity contribution in [3.63, 3.8) is 0 Å². The maximum atomic E-state index is 13.0. The van der Waals surface area contributed by atoms with Crippen molar-refractivity contribution in [2.45, 2.75) is 18.8 Å². The molecule has 154 valence electrons. The largest absolute Gasteiger partial charge is 0.306 e. The first-order chi connectivity index (χ1) is 15.1. The lowest BCUT2D eigenvalue weighted by Crippen LogP contribution is -2.26. The molecule has 1 amide bonds. The van der Waals surface area contributed by atoms with Crippen LogP contribution >= 0.6 is 0 Å². The summed E-state index contributed by atoms with van der Waals surface area (Å²) in [5.74, 6) is 0.791. The summed E-state index contributed by atoms with van der Waals surface area (Å²) in [4.78, 5) is 45.1. The first-order valence-electron chi connectivity index (χ1n) is 9.70. The Morgan fingerprint density at radius 3 is 2.61 bits per heavy atom. The Morgan fingerprint density at radius 2 is 1.84 bits per heavy atom. The third-order valence-electron chi connectivity index (χ3n) is 4.89. The summed E-state index contributed by atoms with van der Waals surface area (Å²) >= 11 is 0. The van der Waals surface area contributed by atoms with Crippen molar-refractivity contribution < 1.29 is 4.79 Å². The second-order valence-electron chi connectivity index (χ2n) is 7.18. The Bertz CT molecular complexity index is 1380. The van der Waals surface area contributed by atoms with Crippen molar-refractivity contribution in [2.75, 3.05) is 5.32 Å². The molecule has 1 saturated carbocycles. The van der Waals surface area contributed by atoms with Crippen LogP contribution in [0.5, 0.6) is 0 Å². The monoisotopic (exact) mass is 415 g/mol. The van der Waals surface area contributed by atoms with Crippen LogP contribution in [-0.4, -0.2) is 35.4 Å². The zero-order valence-corrected chi connectivity index (χ0v) is 16.2. The molecule has 2 N–H and O–H groups in total. The summed E-state index contributed by atoms with van der Waals surface area (Å²) in [5.41, 5.74) is 0.724. The van der Waals surface area contributed by atoms with Gasteiger partial charge in [-0.05, 0) is 37.1 Å². The van der Waals surface area contributed by atoms with Crippen LogP contribution < -0.4 is 16.4 Å². The lowest BCUT2D eigenvalue weighted by Gasteiger charge is -2.09. The van der Waals surface area contributed by atoms with Crippen molar-refractivity contribution in [1.29, 1.82) is 0 Å². The van der Waals surface area contributed by atoms with E-state index in [1.54, 1.807) is 36.7 Å². The predicted molar refractivity (Wildman–Crippen MR) is 112 cm³/mol. The van der Waals surface area contributed by atoms with Gasteiger partial charge in [-0.25, -0.2) is 14.6 Å². The number of carbonyl (C=O) groups is 1. The van der Waals surface area contributed by atoms with Gasteiger partial charge >= 0.3 is 0 Å². The standard InChI is InChI=1S/C21H17N7O3/c29-18-7-8-19(30)27(26-18)15-4-1-3-14(11-15)20(31)24-17-12-16(13-5-6-13)25-28(17)21-22-9-2-10-23-21/h1-4,7-13H,5-6H2,(H,24,31)(H,26,29). The topological polar surface area (TPSA) is 128 Å². The number of hydrogen-bond donors (Lipinski definition) is 2. The summed E-state index contributed by atoms with van der Waals surface area (Å²) in [6.45, 7) is 0. The molecule has 31 heavy (non-hydrogen) atoms. The molecule has 0 spiro atoms. The SMILES string of the molecule is O=C(Nc1cc(C2CC2)nn1-c1ncccn1)c1cccc(-n2[nH]c(=O)ccc2=O)c1. The molecule has 10 nitrogen and oxygen atoms in total. The van der Waals surface area contributed by atoms with E-state index in [1.165, 1.54) is 16.8 Å². The van der Waals surface area contributed by atoms with Crippen LogP contribution in [0.4, 0.5) is 5.82 Å². The van der Waals surface area contributed by atoms with Gasteiger partial charge in [-0.1, -0.05) is 6.07 Å². The van der Waals surface area contributed by atoms with E-state index in [0.717, 1.165) is 29.3 Å². The van der Waals surface area contributed by atoms with E-state index in [-0.39, 0.29) is 0 Å². The molecular weight excluding hydrogens is 398 g/mol. The normalized spacial score (nSPS) is 13.2. The van der Waals surface area contributed by atoms with Gasteiger partial charge in [0.25, 0.3) is 23.0 Å². The second-order valence-corrected chi connectivity index (χ2v) is 7.18. The summed E-state index contributed by atoms with van der Waals surface area (Å²) in [6.07, 6.45) is 5.33. The minimum Gasteiger partial charge on any atom is -0.306 e. The van der Waals surface area contributed by atoms with Crippen molar-refractivity contribution in [1.82, 2.24) is 29.5 Å². The van der Waals surface area contributed by atoms with Gasteiger partial charge in [0.05, 0.1) is 11.4 Å². The van der Waals surface area contributed by atoms with Gasteiger partial charge in [0.15, 0.2) is 0 Å². The van der Waals surface area contributed by atoms with Crippen LogP contribution in [0.1, 0.15) is 34.8 Å². The molecule has 3 aromatic heterocycles. The van der Waals surface area contributed by atoms with E-state index < -0.39 is 17.0 Å². The molecular formula is C21H17N7O3. The number of nitrogens with one attached hydrogen (secondary N) is 2. The number of hydrogen-bond acceptors (Lipinski definition) is 6. The zero-order chi connectivity index (χ0) is 21.4. The predicted octanol–water partition coefficient (Wildman–Crippen LogP) is 1.63. The molecule has 0 unspecified atom stereocenters. The third kappa shape index (κ3) is 3.78. The Hall–Kier alpha value is -4.34. The first kappa shape index (κ1) is 18.7. The fraction of sp³-hybridized carbons (Fsp3) is 0.143. The molecule has 5 rings (SSSR count). The molecule has 0 bridgehead atoms. The van der Waals surface area contributed by atoms with Gasteiger partial charge in [-0.3, -0.25) is 19.5 Å². The average Bonchev–Trinajstić information content (AvgIpc) is 3.56. The molecule has 1 aromatic carbocycles. The Labute approximate surface area is 175 Å². The molecule has 3 heterocycles. The molecule has 0 radical (unpaired) electrons. The Kier molecular flexibility index (Phi) is 4.51. The van der Waals surface area contributed by atoms with Crippen LogP contribution in [0.15, 0.2) is 70.5 Å². The quantitative estimate of drug-likeness (QED) is 0.510. The highest BCUT2D eigenvalue weighted by Gasteiger charge is 2.28. The van der Waals surface area contributed by atoms with E-state index in [9.17, 15) is 14.4 Å². The summed E-state index contributed by atoms with van der Waals surface area (Å²) in [5, 5.41) is 9.87. The van der Waals surface area contributed by atoms with Crippen molar-refractivity contribution in [3.8, 4) is 11.6 Å². The van der Waals surface area contributed by atoms with Crippen molar-refractivity contribution in [2.24, 2.45) is 0 Å². The molecule has 0 saturated heterocycles. The Morgan fingerprint density at radius 1 is 1.03 bits per heavy atom. The van der Waals surface area contributed by atoms with Crippen LogP contribution in [0, 0.1) is 0 Å². The van der Waals surface area contributed by atoms with E-state index in [2.05, 4.69) is 25.5 Å². The van der Waals surface area contributed by atoms with Crippen LogP contribution in [0.25, 0.3) is 11.6 Å². The number of carbonyl (C=O) groups excluding carboxylic acids is 1. The van der Waals surface area contributed by atoms with Gasteiger partial charge in [0.2, 0.25) is 0 Å². The number of H-pyrrole nitrogens is 1. The molecule has 1 fully saturated rings. The minimum atomic E-state index is -0.422. The molecule has 0 atom stereocenters. The highest BCUT2D eigenvalue weighted by atomic mass is 16.2. The molecule has 0 aliphatic heterocycles. The van der Waals surface area contributed by atoms with Gasteiger partial charge in [0.1, 0.15) is 5.82 Å². The summed E-state index contributed by atoms with van der Waals surface area (Å²) in [7, 11) is 0. The van der Waals surface area contributed by atoms with Gasteiger partial charge in [-0.15, -0.1) is 0 Å². The average molecular weight is 415 g/mol. The molecule has 1 aliphatic rings. The zero-order valence-electron chi connectivity index (χ0n) is 16.2. The number of rotatable bonds is 5. The number of aromatic amines is 1. The summed E-state index contributed by atoms with van der Waals surface area (Å²) in [6, 6.07) is 12.3. The first-order valence-corrected chi connectivity index (χ1v) is 9.70. The van der Waals surface area contributed by atoms with E-state index in [0.29, 0.717) is 28.9 Å². The van der Waals surface area contributed by atoms with Crippen molar-refractivity contribution in [3.05, 3.63) is 92.9 Å². The third-order valence-corrected chi connectivity index (χ3v) is 4.89. The Balaban J connectivity index is 1.48. The van der Waals surface area contributed by atoms with Gasteiger partial charge in [0, 0.05) is 42.1 Å². The number of nitrogens with zero attached hydrogens (tertiary/aromatic N) is 5. The smallest absolute Gasteiger partial charge is 0.269 e. The van der Waals surface area contributed by atoms with Gasteiger partial charge in [-0.2, -0.15) is 9.78 Å². The van der Waals surface area contributed by atoms with Gasteiger partial charge < -0.3 is 5.32 Å². The fourth-order valence-corrected chi connectivity index (χ4v) is 3.21. The lowest BCUT2D eigenvalue weighted by molar-refractivity contribution is 0.102. The van der Waals surface area contributed by atoms with E-state index in [4.69, 9.17) is 0 Å². The number of aromatic nitrogens is 6. The highest BCUT2D eigenvalue weighted by molar-refractivity contribution is 6.04. The maximum absolute atomic E-state index is 13.0. The van der Waals surface area contributed by atoms with E-state index >= 15 is 0 Å². The van der Waals surface area contributed by atoms with Crippen LogP contribution in [-0.2, 0) is 0 Å².